The van der Waals surface area contributed by atoms with Crippen molar-refractivity contribution < 1.29 is 5.53 Å². The quantitative estimate of drug-likeness (QED) is 0.454. The molecule has 1 aliphatic rings. The van der Waals surface area contributed by atoms with Gasteiger partial charge in [0.15, 0.2) is 6.07 Å². The van der Waals surface area contributed by atoms with Crippen LogP contribution in [0.25, 0.3) is 0 Å². The standard InChI is InChI=1S/C12H11N5/c13-7-1-2-10-3-5-12(6-4-10)17-9-11(8-14)15-16-17/h3-6,9,15-16H,8,14H2/p+1. The highest BCUT2D eigenvalue weighted by atomic mass is 15.7. The van der Waals surface area contributed by atoms with Gasteiger partial charge in [-0.15, -0.1) is 5.53 Å². The molecule has 0 saturated heterocycles. The molecule has 1 aromatic carbocycles. The van der Waals surface area contributed by atoms with E-state index < -0.39 is 0 Å². The molecule has 84 valence electrons. The fourth-order valence-electron chi connectivity index (χ4n) is 1.47. The van der Waals surface area contributed by atoms with Crippen LogP contribution in [-0.4, -0.2) is 6.54 Å². The van der Waals surface area contributed by atoms with Gasteiger partial charge in [-0.1, -0.05) is 5.92 Å². The minimum Gasteiger partial charge on any atom is -0.325 e. The normalized spacial score (nSPS) is 13.2. The monoisotopic (exact) mass is 226 g/mol. The molecular weight excluding hydrogens is 214 g/mol. The minimum absolute atomic E-state index is 0.485. The van der Waals surface area contributed by atoms with Crippen molar-refractivity contribution in [1.82, 2.24) is 5.43 Å². The number of quaternary nitrogens is 1. The van der Waals surface area contributed by atoms with Crippen LogP contribution in [0.2, 0.25) is 0 Å². The maximum absolute atomic E-state index is 8.35. The van der Waals surface area contributed by atoms with Crippen LogP contribution in [0, 0.1) is 23.2 Å². The Labute approximate surface area is 99.5 Å². The summed E-state index contributed by atoms with van der Waals surface area (Å²) in [6, 6.07) is 9.42. The number of benzene rings is 1. The van der Waals surface area contributed by atoms with Crippen LogP contribution in [0.3, 0.4) is 0 Å². The van der Waals surface area contributed by atoms with Gasteiger partial charge in [0.25, 0.3) is 0 Å². The van der Waals surface area contributed by atoms with Crippen LogP contribution in [0.1, 0.15) is 5.56 Å². The molecule has 0 fully saturated rings. The zero-order valence-electron chi connectivity index (χ0n) is 9.14. The van der Waals surface area contributed by atoms with Crippen molar-refractivity contribution in [3.05, 3.63) is 41.7 Å². The lowest BCUT2D eigenvalue weighted by atomic mass is 10.2. The Kier molecular flexibility index (Phi) is 3.27. The SMILES string of the molecule is N#CC#Cc1ccc(N2C=C(CN)N[NH2+]2)cc1. The Morgan fingerprint density at radius 1 is 1.35 bits per heavy atom. The van der Waals surface area contributed by atoms with Crippen LogP contribution in [-0.2, 0) is 0 Å². The van der Waals surface area contributed by atoms with Gasteiger partial charge in [-0.3, -0.25) is 0 Å². The maximum Gasteiger partial charge on any atom is 0.152 e. The number of nitrogens with zero attached hydrogens (tertiary/aromatic N) is 2. The molecule has 5 nitrogen and oxygen atoms in total. The van der Waals surface area contributed by atoms with Crippen molar-refractivity contribution in [2.24, 2.45) is 5.73 Å². The van der Waals surface area contributed by atoms with Gasteiger partial charge in [0.2, 0.25) is 0 Å². The van der Waals surface area contributed by atoms with E-state index in [2.05, 4.69) is 17.3 Å². The van der Waals surface area contributed by atoms with Gasteiger partial charge in [0, 0.05) is 18.0 Å². The summed E-state index contributed by atoms with van der Waals surface area (Å²) in [6.07, 6.45) is 1.94. The third-order valence-corrected chi connectivity index (χ3v) is 2.33. The molecule has 1 aliphatic heterocycles. The number of anilines is 1. The average molecular weight is 226 g/mol. The zero-order valence-corrected chi connectivity index (χ0v) is 9.14. The first-order valence-electron chi connectivity index (χ1n) is 5.12. The van der Waals surface area contributed by atoms with Crippen LogP contribution >= 0.6 is 0 Å². The maximum atomic E-state index is 8.35. The Balaban J connectivity index is 2.14. The summed E-state index contributed by atoms with van der Waals surface area (Å²) < 4.78 is 0. The van der Waals surface area contributed by atoms with E-state index >= 15 is 0 Å². The number of nitrogens with one attached hydrogen (secondary N) is 1. The number of hydrogen-bond acceptors (Lipinski definition) is 4. The molecule has 5 N–H and O–H groups in total. The molecule has 0 radical (unpaired) electrons. The van der Waals surface area contributed by atoms with Crippen LogP contribution in [0.15, 0.2) is 36.2 Å². The van der Waals surface area contributed by atoms with Crippen LogP contribution in [0.5, 0.6) is 0 Å². The number of rotatable bonds is 2. The van der Waals surface area contributed by atoms with Crippen molar-refractivity contribution in [3.8, 4) is 17.9 Å². The topological polar surface area (TPSA) is 81.7 Å². The molecule has 0 aromatic heterocycles. The van der Waals surface area contributed by atoms with E-state index in [0.717, 1.165) is 16.9 Å². The Morgan fingerprint density at radius 3 is 2.71 bits per heavy atom. The van der Waals surface area contributed by atoms with E-state index in [-0.39, 0.29) is 0 Å². The van der Waals surface area contributed by atoms with E-state index in [1.165, 1.54) is 0 Å². The van der Waals surface area contributed by atoms with Gasteiger partial charge in [0.1, 0.15) is 5.70 Å². The Morgan fingerprint density at radius 2 is 2.12 bits per heavy atom. The van der Waals surface area contributed by atoms with Crippen LogP contribution < -0.4 is 21.7 Å². The second-order valence-electron chi connectivity index (χ2n) is 3.45. The van der Waals surface area contributed by atoms with Crippen molar-refractivity contribution in [2.45, 2.75) is 0 Å². The third-order valence-electron chi connectivity index (χ3n) is 2.33. The summed E-state index contributed by atoms with van der Waals surface area (Å²) in [6.45, 7) is 0.485. The van der Waals surface area contributed by atoms with Gasteiger partial charge < -0.3 is 5.73 Å². The summed E-state index contributed by atoms with van der Waals surface area (Å²) in [7, 11) is 0. The fourth-order valence-corrected chi connectivity index (χ4v) is 1.47. The molecule has 0 bridgehead atoms. The molecule has 0 atom stereocenters. The molecule has 0 amide bonds. The molecule has 0 unspecified atom stereocenters. The Hall–Kier alpha value is -2.47. The lowest BCUT2D eigenvalue weighted by molar-refractivity contribution is -0.700. The predicted molar refractivity (Wildman–Crippen MR) is 63.6 cm³/mol. The van der Waals surface area contributed by atoms with Gasteiger partial charge in [-0.05, 0) is 24.3 Å². The smallest absolute Gasteiger partial charge is 0.152 e. The van der Waals surface area contributed by atoms with Gasteiger partial charge in [-0.2, -0.15) is 10.3 Å². The summed E-state index contributed by atoms with van der Waals surface area (Å²) >= 11 is 0. The Bertz CT molecular complexity index is 527. The summed E-state index contributed by atoms with van der Waals surface area (Å²) in [5, 5.41) is 10.3. The van der Waals surface area contributed by atoms with Crippen molar-refractivity contribution in [2.75, 3.05) is 11.6 Å². The molecule has 1 aromatic rings. The number of nitriles is 1. The van der Waals surface area contributed by atoms with Crippen molar-refractivity contribution >= 4 is 5.69 Å². The minimum atomic E-state index is 0.485. The highest BCUT2D eigenvalue weighted by molar-refractivity contribution is 5.51. The largest absolute Gasteiger partial charge is 0.325 e. The third kappa shape index (κ3) is 2.56. The van der Waals surface area contributed by atoms with E-state index in [1.807, 2.05) is 41.0 Å². The van der Waals surface area contributed by atoms with Gasteiger partial charge in [0.05, 0.1) is 11.9 Å². The molecule has 17 heavy (non-hydrogen) atoms. The van der Waals surface area contributed by atoms with E-state index in [4.69, 9.17) is 11.0 Å². The second kappa shape index (κ2) is 5.04. The van der Waals surface area contributed by atoms with Crippen molar-refractivity contribution in [1.29, 1.82) is 5.26 Å². The van der Waals surface area contributed by atoms with Gasteiger partial charge in [-0.25, -0.2) is 5.43 Å². The lowest BCUT2D eigenvalue weighted by Gasteiger charge is -2.10. The molecule has 0 spiro atoms. The summed E-state index contributed by atoms with van der Waals surface area (Å²) in [5.41, 5.74) is 13.3. The first-order valence-corrected chi connectivity index (χ1v) is 5.12. The van der Waals surface area contributed by atoms with Crippen molar-refractivity contribution in [3.63, 3.8) is 0 Å². The van der Waals surface area contributed by atoms with Crippen LogP contribution in [0.4, 0.5) is 5.69 Å². The van der Waals surface area contributed by atoms with E-state index in [1.54, 1.807) is 6.07 Å². The molecule has 0 saturated carbocycles. The highest BCUT2D eigenvalue weighted by Crippen LogP contribution is 2.13. The molecule has 0 aliphatic carbocycles. The predicted octanol–water partition coefficient (Wildman–Crippen LogP) is -0.835. The lowest BCUT2D eigenvalue weighted by Crippen LogP contribution is -2.97. The molecule has 5 heteroatoms. The zero-order chi connectivity index (χ0) is 12.1. The number of nitrogens with two attached hydrogens (primary N) is 2. The fraction of sp³-hybridized carbons (Fsp3) is 0.0833. The first kappa shape index (κ1) is 11.0. The second-order valence-corrected chi connectivity index (χ2v) is 3.45. The summed E-state index contributed by atoms with van der Waals surface area (Å²) in [5.74, 6) is 5.10. The van der Waals surface area contributed by atoms with Gasteiger partial charge >= 0.3 is 0 Å². The molecular formula is C12H12N5+. The highest BCUT2D eigenvalue weighted by Gasteiger charge is 2.14. The summed E-state index contributed by atoms with van der Waals surface area (Å²) in [4.78, 5) is 0. The molecule has 1 heterocycles. The van der Waals surface area contributed by atoms with E-state index in [0.29, 0.717) is 6.54 Å². The first-order chi connectivity index (χ1) is 8.33. The molecule has 2 rings (SSSR count). The van der Waals surface area contributed by atoms with E-state index in [9.17, 15) is 0 Å². The average Bonchev–Trinajstić information content (AvgIpc) is 2.86. The number of hydrogen-bond donors (Lipinski definition) is 3.